The third-order valence-electron chi connectivity index (χ3n) is 3.26. The van der Waals surface area contributed by atoms with Gasteiger partial charge in [0.1, 0.15) is 11.5 Å². The van der Waals surface area contributed by atoms with Gasteiger partial charge in [-0.3, -0.25) is 4.79 Å². The highest BCUT2D eigenvalue weighted by Gasteiger charge is 2.18. The summed E-state index contributed by atoms with van der Waals surface area (Å²) in [5, 5.41) is 5.39. The highest BCUT2D eigenvalue weighted by molar-refractivity contribution is 7.13. The van der Waals surface area contributed by atoms with Crippen LogP contribution in [0.25, 0.3) is 10.8 Å². The predicted octanol–water partition coefficient (Wildman–Crippen LogP) is 2.48. The quantitative estimate of drug-likeness (QED) is 0.940. The fourth-order valence-corrected chi connectivity index (χ4v) is 2.87. The molecular weight excluding hydrogens is 276 g/mol. The standard InChI is InChI=1S/C14H16N2O3S/c1-9-2-3-12(19-9)14-16-11(8-20-14)13(17)15-6-10-4-5-18-7-10/h2-3,8,10H,4-7H2,1H3,(H,15,17). The molecule has 2 aromatic heterocycles. The number of aromatic nitrogens is 1. The Morgan fingerprint density at radius 1 is 1.55 bits per heavy atom. The fourth-order valence-electron chi connectivity index (χ4n) is 2.11. The van der Waals surface area contributed by atoms with Crippen LogP contribution in [0.15, 0.2) is 21.9 Å². The zero-order valence-corrected chi connectivity index (χ0v) is 12.0. The lowest BCUT2D eigenvalue weighted by Crippen LogP contribution is -2.29. The number of nitrogens with one attached hydrogen (secondary N) is 1. The molecule has 1 aliphatic rings. The Kier molecular flexibility index (Phi) is 3.84. The molecule has 3 heterocycles. The fraction of sp³-hybridized carbons (Fsp3) is 0.429. The van der Waals surface area contributed by atoms with Crippen molar-refractivity contribution in [2.24, 2.45) is 5.92 Å². The zero-order chi connectivity index (χ0) is 13.9. The molecule has 0 spiro atoms. The summed E-state index contributed by atoms with van der Waals surface area (Å²) in [6.07, 6.45) is 1.01. The largest absolute Gasteiger partial charge is 0.459 e. The minimum atomic E-state index is -0.136. The van der Waals surface area contributed by atoms with E-state index < -0.39 is 0 Å². The van der Waals surface area contributed by atoms with Gasteiger partial charge >= 0.3 is 0 Å². The van der Waals surface area contributed by atoms with Crippen LogP contribution in [0.2, 0.25) is 0 Å². The topological polar surface area (TPSA) is 64.4 Å². The molecule has 1 N–H and O–H groups in total. The monoisotopic (exact) mass is 292 g/mol. The molecule has 106 valence electrons. The summed E-state index contributed by atoms with van der Waals surface area (Å²) in [6.45, 7) is 4.05. The van der Waals surface area contributed by atoms with Gasteiger partial charge in [0, 0.05) is 24.4 Å². The van der Waals surface area contributed by atoms with Crippen LogP contribution in [0, 0.1) is 12.8 Å². The molecule has 1 saturated heterocycles. The second-order valence-electron chi connectivity index (χ2n) is 4.89. The third-order valence-corrected chi connectivity index (χ3v) is 4.12. The van der Waals surface area contributed by atoms with Gasteiger partial charge in [0.25, 0.3) is 5.91 Å². The lowest BCUT2D eigenvalue weighted by molar-refractivity contribution is 0.0941. The van der Waals surface area contributed by atoms with Gasteiger partial charge in [0.15, 0.2) is 10.8 Å². The SMILES string of the molecule is Cc1ccc(-c2nc(C(=O)NCC3CCOC3)cs2)o1. The number of thiazole rings is 1. The maximum Gasteiger partial charge on any atom is 0.270 e. The lowest BCUT2D eigenvalue weighted by Gasteiger charge is -2.07. The summed E-state index contributed by atoms with van der Waals surface area (Å²) in [5.74, 6) is 1.82. The van der Waals surface area contributed by atoms with Crippen LogP contribution in [0.4, 0.5) is 0 Å². The molecule has 2 aromatic rings. The molecular formula is C14H16N2O3S. The molecule has 5 nitrogen and oxygen atoms in total. The Labute approximate surface area is 121 Å². The van der Waals surface area contributed by atoms with Crippen molar-refractivity contribution in [3.63, 3.8) is 0 Å². The van der Waals surface area contributed by atoms with Gasteiger partial charge in [-0.25, -0.2) is 4.98 Å². The van der Waals surface area contributed by atoms with Crippen LogP contribution in [0.3, 0.4) is 0 Å². The Morgan fingerprint density at radius 2 is 2.45 bits per heavy atom. The third kappa shape index (κ3) is 2.91. The number of amides is 1. The molecule has 0 radical (unpaired) electrons. The number of carbonyl (C=O) groups excluding carboxylic acids is 1. The number of hydrogen-bond donors (Lipinski definition) is 1. The van der Waals surface area contributed by atoms with Crippen molar-refractivity contribution in [2.75, 3.05) is 19.8 Å². The van der Waals surface area contributed by atoms with E-state index in [2.05, 4.69) is 10.3 Å². The Morgan fingerprint density at radius 3 is 3.15 bits per heavy atom. The van der Waals surface area contributed by atoms with Gasteiger partial charge in [0.2, 0.25) is 0 Å². The van der Waals surface area contributed by atoms with Gasteiger partial charge in [-0.1, -0.05) is 0 Å². The zero-order valence-electron chi connectivity index (χ0n) is 11.2. The molecule has 3 rings (SSSR count). The van der Waals surface area contributed by atoms with Crippen LogP contribution in [0.1, 0.15) is 22.7 Å². The van der Waals surface area contributed by atoms with E-state index in [4.69, 9.17) is 9.15 Å². The molecule has 1 fully saturated rings. The molecule has 0 aromatic carbocycles. The summed E-state index contributed by atoms with van der Waals surface area (Å²) in [7, 11) is 0. The van der Waals surface area contributed by atoms with Crippen molar-refractivity contribution >= 4 is 17.2 Å². The lowest BCUT2D eigenvalue weighted by atomic mass is 10.1. The van der Waals surface area contributed by atoms with Crippen molar-refractivity contribution in [1.82, 2.24) is 10.3 Å². The first-order chi connectivity index (χ1) is 9.72. The van der Waals surface area contributed by atoms with Crippen LogP contribution < -0.4 is 5.32 Å². The molecule has 1 amide bonds. The van der Waals surface area contributed by atoms with Gasteiger partial charge < -0.3 is 14.5 Å². The Hall–Kier alpha value is -1.66. The van der Waals surface area contributed by atoms with Gasteiger partial charge in [-0.05, 0) is 25.5 Å². The summed E-state index contributed by atoms with van der Waals surface area (Å²) >= 11 is 1.41. The molecule has 0 bridgehead atoms. The van der Waals surface area contributed by atoms with E-state index in [1.807, 2.05) is 19.1 Å². The van der Waals surface area contributed by atoms with Crippen molar-refractivity contribution in [3.8, 4) is 10.8 Å². The first kappa shape index (κ1) is 13.3. The second kappa shape index (κ2) is 5.76. The van der Waals surface area contributed by atoms with Crippen molar-refractivity contribution in [1.29, 1.82) is 0 Å². The average Bonchev–Trinajstić information content (AvgIpc) is 3.16. The highest BCUT2D eigenvalue weighted by Crippen LogP contribution is 2.25. The van der Waals surface area contributed by atoms with E-state index in [1.54, 1.807) is 5.38 Å². The van der Waals surface area contributed by atoms with E-state index in [0.29, 0.717) is 23.9 Å². The molecule has 6 heteroatoms. The maximum absolute atomic E-state index is 12.0. The summed E-state index contributed by atoms with van der Waals surface area (Å²) in [5.41, 5.74) is 0.443. The van der Waals surface area contributed by atoms with E-state index in [1.165, 1.54) is 11.3 Å². The summed E-state index contributed by atoms with van der Waals surface area (Å²) < 4.78 is 10.8. The normalized spacial score (nSPS) is 18.4. The number of hydrogen-bond acceptors (Lipinski definition) is 5. The Bertz CT molecular complexity index is 599. The van der Waals surface area contributed by atoms with E-state index in [0.717, 1.165) is 30.4 Å². The van der Waals surface area contributed by atoms with Crippen molar-refractivity contribution < 1.29 is 13.9 Å². The number of furan rings is 1. The van der Waals surface area contributed by atoms with Crippen LogP contribution >= 0.6 is 11.3 Å². The number of carbonyl (C=O) groups is 1. The smallest absolute Gasteiger partial charge is 0.270 e. The van der Waals surface area contributed by atoms with Crippen LogP contribution in [-0.4, -0.2) is 30.6 Å². The average molecular weight is 292 g/mol. The number of aryl methyl sites for hydroxylation is 1. The van der Waals surface area contributed by atoms with Gasteiger partial charge in [-0.15, -0.1) is 11.3 Å². The summed E-state index contributed by atoms with van der Waals surface area (Å²) in [4.78, 5) is 16.3. The molecule has 1 aliphatic heterocycles. The van der Waals surface area contributed by atoms with Crippen LogP contribution in [0.5, 0.6) is 0 Å². The second-order valence-corrected chi connectivity index (χ2v) is 5.75. The van der Waals surface area contributed by atoms with Crippen LogP contribution in [-0.2, 0) is 4.74 Å². The van der Waals surface area contributed by atoms with E-state index in [-0.39, 0.29) is 5.91 Å². The number of ether oxygens (including phenoxy) is 1. The molecule has 0 saturated carbocycles. The molecule has 1 atom stereocenters. The number of rotatable bonds is 4. The molecule has 1 unspecified atom stereocenters. The molecule has 0 aliphatic carbocycles. The van der Waals surface area contributed by atoms with Crippen molar-refractivity contribution in [2.45, 2.75) is 13.3 Å². The van der Waals surface area contributed by atoms with Crippen molar-refractivity contribution in [3.05, 3.63) is 29.0 Å². The van der Waals surface area contributed by atoms with Gasteiger partial charge in [-0.2, -0.15) is 0 Å². The molecule has 20 heavy (non-hydrogen) atoms. The van der Waals surface area contributed by atoms with Gasteiger partial charge in [0.05, 0.1) is 6.61 Å². The number of nitrogens with zero attached hydrogens (tertiary/aromatic N) is 1. The Balaban J connectivity index is 1.62. The highest BCUT2D eigenvalue weighted by atomic mass is 32.1. The predicted molar refractivity (Wildman–Crippen MR) is 75.8 cm³/mol. The first-order valence-electron chi connectivity index (χ1n) is 6.60. The van der Waals surface area contributed by atoms with E-state index >= 15 is 0 Å². The first-order valence-corrected chi connectivity index (χ1v) is 7.48. The van der Waals surface area contributed by atoms with E-state index in [9.17, 15) is 4.79 Å². The minimum absolute atomic E-state index is 0.136. The minimum Gasteiger partial charge on any atom is -0.459 e. The summed E-state index contributed by atoms with van der Waals surface area (Å²) in [6, 6.07) is 3.75. The maximum atomic E-state index is 12.0.